The summed E-state index contributed by atoms with van der Waals surface area (Å²) in [5, 5.41) is 11.4. The monoisotopic (exact) mass is 414 g/mol. The van der Waals surface area contributed by atoms with E-state index >= 15 is 0 Å². The SMILES string of the molecule is CCCCC(C)CCCCCCCCCCOC(=O)NCCCC[C@H](N)C(=O)O. The number of aliphatic carboxylic acids is 1. The lowest BCUT2D eigenvalue weighted by Crippen LogP contribution is -2.30. The summed E-state index contributed by atoms with van der Waals surface area (Å²) in [6, 6.07) is -0.818. The highest BCUT2D eigenvalue weighted by Gasteiger charge is 2.10. The van der Waals surface area contributed by atoms with Gasteiger partial charge in [-0.25, -0.2) is 4.79 Å². The molecule has 0 aromatic heterocycles. The molecule has 0 saturated heterocycles. The number of ether oxygens (including phenoxy) is 1. The second kappa shape index (κ2) is 20.0. The van der Waals surface area contributed by atoms with Crippen LogP contribution in [0.25, 0.3) is 0 Å². The first-order chi connectivity index (χ1) is 14.0. The smallest absolute Gasteiger partial charge is 0.407 e. The largest absolute Gasteiger partial charge is 0.480 e. The molecule has 6 nitrogen and oxygen atoms in total. The first kappa shape index (κ1) is 27.7. The number of carbonyl (C=O) groups excluding carboxylic acids is 1. The average molecular weight is 415 g/mol. The minimum absolute atomic E-state index is 0.388. The van der Waals surface area contributed by atoms with E-state index in [1.165, 1.54) is 64.2 Å². The second-order valence-corrected chi connectivity index (χ2v) is 8.37. The maximum absolute atomic E-state index is 11.5. The fraction of sp³-hybridized carbons (Fsp3) is 0.913. The Kier molecular flexibility index (Phi) is 19.1. The van der Waals surface area contributed by atoms with E-state index in [2.05, 4.69) is 19.2 Å². The highest BCUT2D eigenvalue weighted by Crippen LogP contribution is 2.17. The Morgan fingerprint density at radius 2 is 1.41 bits per heavy atom. The maximum Gasteiger partial charge on any atom is 0.407 e. The summed E-state index contributed by atoms with van der Waals surface area (Å²) in [6.45, 7) is 5.60. The van der Waals surface area contributed by atoms with Crippen molar-refractivity contribution >= 4 is 12.1 Å². The van der Waals surface area contributed by atoms with Crippen LogP contribution in [0.5, 0.6) is 0 Å². The molecule has 0 aliphatic carbocycles. The minimum atomic E-state index is -0.982. The number of hydrogen-bond acceptors (Lipinski definition) is 4. The van der Waals surface area contributed by atoms with Gasteiger partial charge in [0.25, 0.3) is 0 Å². The van der Waals surface area contributed by atoms with Crippen LogP contribution in [0.2, 0.25) is 0 Å². The summed E-state index contributed by atoms with van der Waals surface area (Å²) in [6.07, 6.45) is 16.8. The van der Waals surface area contributed by atoms with Gasteiger partial charge in [-0.3, -0.25) is 4.79 Å². The van der Waals surface area contributed by atoms with Crippen LogP contribution in [-0.2, 0) is 9.53 Å². The summed E-state index contributed by atoms with van der Waals surface area (Å²) >= 11 is 0. The van der Waals surface area contributed by atoms with E-state index < -0.39 is 12.0 Å². The lowest BCUT2D eigenvalue weighted by atomic mass is 9.97. The summed E-state index contributed by atoms with van der Waals surface area (Å²) < 4.78 is 5.15. The quantitative estimate of drug-likeness (QED) is 0.224. The van der Waals surface area contributed by atoms with Gasteiger partial charge < -0.3 is 20.9 Å². The summed E-state index contributed by atoms with van der Waals surface area (Å²) in [5.74, 6) is -0.0906. The van der Waals surface area contributed by atoms with Crippen molar-refractivity contribution in [1.82, 2.24) is 5.32 Å². The van der Waals surface area contributed by atoms with Crippen LogP contribution in [0.4, 0.5) is 4.79 Å². The van der Waals surface area contributed by atoms with Crippen LogP contribution in [-0.4, -0.2) is 36.4 Å². The van der Waals surface area contributed by atoms with E-state index in [-0.39, 0.29) is 6.09 Å². The van der Waals surface area contributed by atoms with Crippen molar-refractivity contribution < 1.29 is 19.4 Å². The third kappa shape index (κ3) is 19.8. The molecular formula is C23H46N2O4. The van der Waals surface area contributed by atoms with Gasteiger partial charge in [-0.1, -0.05) is 84.5 Å². The second-order valence-electron chi connectivity index (χ2n) is 8.37. The van der Waals surface area contributed by atoms with Crippen molar-refractivity contribution in [3.63, 3.8) is 0 Å². The normalized spacial score (nSPS) is 13.1. The fourth-order valence-electron chi connectivity index (χ4n) is 3.37. The van der Waals surface area contributed by atoms with Crippen LogP contribution in [0.1, 0.15) is 110 Å². The maximum atomic E-state index is 11.5. The van der Waals surface area contributed by atoms with Crippen molar-refractivity contribution in [3.8, 4) is 0 Å². The molecule has 0 fully saturated rings. The number of hydrogen-bond donors (Lipinski definition) is 3. The molecule has 0 heterocycles. The number of nitrogens with one attached hydrogen (secondary N) is 1. The summed E-state index contributed by atoms with van der Waals surface area (Å²) in [4.78, 5) is 22.1. The standard InChI is InChI=1S/C23H46N2O4/c1-3-4-15-20(2)16-11-9-7-5-6-8-10-14-19-29-23(28)25-18-13-12-17-21(24)22(26)27/h20-21H,3-19,24H2,1-2H3,(H,25,28)(H,26,27)/t20?,21-/m0/s1. The minimum Gasteiger partial charge on any atom is -0.480 e. The Bertz CT molecular complexity index is 404. The van der Waals surface area contributed by atoms with Crippen LogP contribution in [0.15, 0.2) is 0 Å². The fourth-order valence-corrected chi connectivity index (χ4v) is 3.37. The van der Waals surface area contributed by atoms with Gasteiger partial charge in [0.2, 0.25) is 0 Å². The number of unbranched alkanes of at least 4 members (excludes halogenated alkanes) is 9. The Hall–Kier alpha value is -1.30. The lowest BCUT2D eigenvalue weighted by molar-refractivity contribution is -0.138. The molecule has 172 valence electrons. The molecule has 0 aromatic rings. The molecule has 2 atom stereocenters. The molecule has 0 aliphatic heterocycles. The van der Waals surface area contributed by atoms with Gasteiger partial charge in [-0.2, -0.15) is 0 Å². The van der Waals surface area contributed by atoms with Gasteiger partial charge in [0.05, 0.1) is 6.61 Å². The molecule has 0 aromatic carbocycles. The molecule has 4 N–H and O–H groups in total. The van der Waals surface area contributed by atoms with Crippen molar-refractivity contribution in [2.24, 2.45) is 11.7 Å². The van der Waals surface area contributed by atoms with E-state index in [0.717, 1.165) is 18.8 Å². The number of amides is 1. The topological polar surface area (TPSA) is 102 Å². The molecular weight excluding hydrogens is 368 g/mol. The Morgan fingerprint density at radius 3 is 2.03 bits per heavy atom. The highest BCUT2D eigenvalue weighted by atomic mass is 16.5. The molecule has 0 rings (SSSR count). The number of nitrogens with two attached hydrogens (primary N) is 1. The predicted octanol–water partition coefficient (Wildman–Crippen LogP) is 5.63. The molecule has 0 radical (unpaired) electrons. The van der Waals surface area contributed by atoms with Crippen molar-refractivity contribution in [2.45, 2.75) is 116 Å². The molecule has 29 heavy (non-hydrogen) atoms. The van der Waals surface area contributed by atoms with Crippen molar-refractivity contribution in [2.75, 3.05) is 13.2 Å². The number of carboxylic acid groups (broad SMARTS) is 1. The van der Waals surface area contributed by atoms with Crippen LogP contribution in [0, 0.1) is 5.92 Å². The molecule has 1 amide bonds. The molecule has 0 saturated carbocycles. The van der Waals surface area contributed by atoms with E-state index in [1.807, 2.05) is 0 Å². The van der Waals surface area contributed by atoms with Gasteiger partial charge in [-0.05, 0) is 31.6 Å². The number of carbonyl (C=O) groups is 2. The van der Waals surface area contributed by atoms with Gasteiger partial charge >= 0.3 is 12.1 Å². The molecule has 0 bridgehead atoms. The number of alkyl carbamates (subject to hydrolysis) is 1. The number of carboxylic acids is 1. The predicted molar refractivity (Wildman–Crippen MR) is 119 cm³/mol. The third-order valence-electron chi connectivity index (χ3n) is 5.40. The lowest BCUT2D eigenvalue weighted by Gasteiger charge is -2.10. The van der Waals surface area contributed by atoms with Gasteiger partial charge in [-0.15, -0.1) is 0 Å². The Labute approximate surface area is 178 Å². The van der Waals surface area contributed by atoms with Gasteiger partial charge in [0.15, 0.2) is 0 Å². The first-order valence-electron chi connectivity index (χ1n) is 11.9. The molecule has 1 unspecified atom stereocenters. The van der Waals surface area contributed by atoms with E-state index in [9.17, 15) is 9.59 Å². The highest BCUT2D eigenvalue weighted by molar-refractivity contribution is 5.72. The third-order valence-corrected chi connectivity index (χ3v) is 5.40. The van der Waals surface area contributed by atoms with Crippen molar-refractivity contribution in [3.05, 3.63) is 0 Å². The zero-order valence-corrected chi connectivity index (χ0v) is 18.9. The van der Waals surface area contributed by atoms with Crippen LogP contribution < -0.4 is 11.1 Å². The Morgan fingerprint density at radius 1 is 0.862 bits per heavy atom. The van der Waals surface area contributed by atoms with Crippen LogP contribution in [0.3, 0.4) is 0 Å². The molecule has 0 aliphatic rings. The van der Waals surface area contributed by atoms with Crippen LogP contribution >= 0.6 is 0 Å². The number of rotatable bonds is 20. The zero-order valence-electron chi connectivity index (χ0n) is 18.9. The average Bonchev–Trinajstić information content (AvgIpc) is 2.69. The Balaban J connectivity index is 3.28. The van der Waals surface area contributed by atoms with E-state index in [0.29, 0.717) is 32.4 Å². The molecule has 6 heteroatoms. The van der Waals surface area contributed by atoms with Gasteiger partial charge in [0, 0.05) is 6.54 Å². The van der Waals surface area contributed by atoms with Crippen molar-refractivity contribution in [1.29, 1.82) is 0 Å². The first-order valence-corrected chi connectivity index (χ1v) is 11.9. The molecule has 0 spiro atoms. The summed E-state index contributed by atoms with van der Waals surface area (Å²) in [5.41, 5.74) is 5.42. The van der Waals surface area contributed by atoms with E-state index in [4.69, 9.17) is 15.6 Å². The van der Waals surface area contributed by atoms with E-state index in [1.54, 1.807) is 0 Å². The zero-order chi connectivity index (χ0) is 21.7. The van der Waals surface area contributed by atoms with Gasteiger partial charge in [0.1, 0.15) is 6.04 Å². The summed E-state index contributed by atoms with van der Waals surface area (Å²) in [7, 11) is 0.